The molecular formula is C18H17ClFN3O2. The Labute approximate surface area is 149 Å². The lowest BCUT2D eigenvalue weighted by molar-refractivity contribution is -0.120. The maximum absolute atomic E-state index is 13.5. The number of nitrogens with zero attached hydrogens (tertiary/aromatic N) is 2. The summed E-state index contributed by atoms with van der Waals surface area (Å²) in [6, 6.07) is 7.32. The third kappa shape index (κ3) is 3.58. The molecule has 0 saturated carbocycles. The fourth-order valence-corrected chi connectivity index (χ4v) is 2.83. The minimum Gasteiger partial charge on any atom is -0.508 e. The highest BCUT2D eigenvalue weighted by Crippen LogP contribution is 2.29. The van der Waals surface area contributed by atoms with Crippen LogP contribution in [0.3, 0.4) is 0 Å². The Hall–Kier alpha value is -2.60. The first-order chi connectivity index (χ1) is 11.8. The van der Waals surface area contributed by atoms with Crippen molar-refractivity contribution in [1.82, 2.24) is 14.7 Å². The molecule has 2 heterocycles. The van der Waals surface area contributed by atoms with E-state index in [9.17, 15) is 14.3 Å². The van der Waals surface area contributed by atoms with Gasteiger partial charge in [-0.15, -0.1) is 0 Å². The van der Waals surface area contributed by atoms with E-state index in [0.717, 1.165) is 0 Å². The Morgan fingerprint density at radius 1 is 1.36 bits per heavy atom. The molecular weight excluding hydrogens is 345 g/mol. The summed E-state index contributed by atoms with van der Waals surface area (Å²) in [7, 11) is 0. The van der Waals surface area contributed by atoms with Crippen LogP contribution in [0.2, 0.25) is 5.02 Å². The van der Waals surface area contributed by atoms with Crippen LogP contribution in [-0.2, 0) is 11.2 Å². The van der Waals surface area contributed by atoms with Gasteiger partial charge in [0.25, 0.3) is 0 Å². The number of benzene rings is 1. The third-order valence-corrected chi connectivity index (χ3v) is 3.97. The molecule has 1 aromatic carbocycles. The van der Waals surface area contributed by atoms with Crippen LogP contribution >= 0.6 is 11.6 Å². The Kier molecular flexibility index (Phi) is 4.63. The van der Waals surface area contributed by atoms with Crippen molar-refractivity contribution >= 4 is 23.2 Å². The predicted octanol–water partition coefficient (Wildman–Crippen LogP) is 3.57. The van der Waals surface area contributed by atoms with Gasteiger partial charge in [0.1, 0.15) is 17.2 Å². The van der Waals surface area contributed by atoms with E-state index >= 15 is 0 Å². The number of carbonyl (C=O) groups excluding carboxylic acids is 1. The molecule has 0 aliphatic heterocycles. The summed E-state index contributed by atoms with van der Waals surface area (Å²) < 4.78 is 15.2. The van der Waals surface area contributed by atoms with Gasteiger partial charge in [-0.05, 0) is 38.1 Å². The van der Waals surface area contributed by atoms with Crippen molar-refractivity contribution in [2.24, 2.45) is 0 Å². The number of rotatable bonds is 4. The van der Waals surface area contributed by atoms with E-state index in [2.05, 4.69) is 10.3 Å². The van der Waals surface area contributed by atoms with Crippen LogP contribution in [-0.4, -0.2) is 26.4 Å². The second kappa shape index (κ2) is 6.72. The Bertz CT molecular complexity index is 953. The van der Waals surface area contributed by atoms with Gasteiger partial charge >= 0.3 is 0 Å². The van der Waals surface area contributed by atoms with Crippen LogP contribution in [0.1, 0.15) is 19.5 Å². The molecule has 0 bridgehead atoms. The average molecular weight is 362 g/mol. The second-order valence-electron chi connectivity index (χ2n) is 6.05. The molecule has 1 amide bonds. The quantitative estimate of drug-likeness (QED) is 0.746. The van der Waals surface area contributed by atoms with Crippen LogP contribution in [0.5, 0.6) is 5.75 Å². The van der Waals surface area contributed by atoms with Crippen molar-refractivity contribution in [2.75, 3.05) is 0 Å². The van der Waals surface area contributed by atoms with Crippen molar-refractivity contribution in [1.29, 1.82) is 0 Å². The van der Waals surface area contributed by atoms with E-state index in [1.54, 1.807) is 16.7 Å². The third-order valence-electron chi connectivity index (χ3n) is 3.68. The molecule has 2 aromatic heterocycles. The van der Waals surface area contributed by atoms with Crippen LogP contribution < -0.4 is 5.32 Å². The number of imidazole rings is 1. The van der Waals surface area contributed by atoms with Crippen LogP contribution in [0.25, 0.3) is 16.9 Å². The summed E-state index contributed by atoms with van der Waals surface area (Å²) in [6.45, 7) is 3.76. The van der Waals surface area contributed by atoms with E-state index < -0.39 is 5.82 Å². The number of aromatic nitrogens is 2. The molecule has 0 aliphatic rings. The topological polar surface area (TPSA) is 66.6 Å². The highest BCUT2D eigenvalue weighted by atomic mass is 35.5. The van der Waals surface area contributed by atoms with Gasteiger partial charge < -0.3 is 14.8 Å². The lowest BCUT2D eigenvalue weighted by Gasteiger charge is -2.10. The Morgan fingerprint density at radius 2 is 2.12 bits per heavy atom. The molecule has 25 heavy (non-hydrogen) atoms. The van der Waals surface area contributed by atoms with Crippen molar-refractivity contribution in [3.05, 3.63) is 53.1 Å². The number of hydrogen-bond donors (Lipinski definition) is 2. The lowest BCUT2D eigenvalue weighted by atomic mass is 10.1. The summed E-state index contributed by atoms with van der Waals surface area (Å²) in [4.78, 5) is 16.7. The molecule has 130 valence electrons. The number of fused-ring (bicyclic) bond motifs is 1. The lowest BCUT2D eigenvalue weighted by Crippen LogP contribution is -2.31. The Balaban J connectivity index is 2.14. The van der Waals surface area contributed by atoms with Gasteiger partial charge in [-0.3, -0.25) is 4.79 Å². The molecule has 0 saturated heterocycles. The maximum Gasteiger partial charge on any atom is 0.226 e. The molecule has 0 radical (unpaired) electrons. The number of pyridine rings is 1. The van der Waals surface area contributed by atoms with Gasteiger partial charge in [-0.1, -0.05) is 11.6 Å². The van der Waals surface area contributed by atoms with Gasteiger partial charge in [0.05, 0.1) is 22.8 Å². The van der Waals surface area contributed by atoms with Gasteiger partial charge in [-0.25, -0.2) is 9.37 Å². The smallest absolute Gasteiger partial charge is 0.226 e. The number of halogens is 2. The first-order valence-electron chi connectivity index (χ1n) is 7.80. The first-order valence-corrected chi connectivity index (χ1v) is 8.17. The molecule has 3 aromatic rings. The summed E-state index contributed by atoms with van der Waals surface area (Å²) in [5.74, 6) is -0.607. The molecule has 0 aliphatic carbocycles. The molecule has 0 unspecified atom stereocenters. The standard InChI is InChI=1S/C18H17ClFN3O2/c1-10(2)21-17(25)9-15-18(11-3-4-14(20)13(19)7-11)22-16-8-12(24)5-6-23(15)16/h3-8,10,24H,9H2,1-2H3,(H,21,25). The van der Waals surface area contributed by atoms with E-state index in [1.165, 1.54) is 24.3 Å². The number of nitrogens with one attached hydrogen (secondary N) is 1. The van der Waals surface area contributed by atoms with Crippen molar-refractivity contribution in [3.63, 3.8) is 0 Å². The average Bonchev–Trinajstić information content (AvgIpc) is 2.87. The monoisotopic (exact) mass is 361 g/mol. The van der Waals surface area contributed by atoms with Gasteiger partial charge in [-0.2, -0.15) is 0 Å². The minimum absolute atomic E-state index is 0.0134. The SMILES string of the molecule is CC(C)NC(=O)Cc1c(-c2ccc(F)c(Cl)c2)nc2cc(O)ccn12. The Morgan fingerprint density at radius 3 is 2.80 bits per heavy atom. The molecule has 2 N–H and O–H groups in total. The number of carbonyl (C=O) groups is 1. The largest absolute Gasteiger partial charge is 0.508 e. The molecule has 5 nitrogen and oxygen atoms in total. The maximum atomic E-state index is 13.5. The predicted molar refractivity (Wildman–Crippen MR) is 94.2 cm³/mol. The summed E-state index contributed by atoms with van der Waals surface area (Å²) in [6.07, 6.45) is 1.73. The normalized spacial score (nSPS) is 11.2. The van der Waals surface area contributed by atoms with E-state index in [-0.39, 0.29) is 29.1 Å². The fraction of sp³-hybridized carbons (Fsp3) is 0.222. The first kappa shape index (κ1) is 17.2. The fourth-order valence-electron chi connectivity index (χ4n) is 2.65. The second-order valence-corrected chi connectivity index (χ2v) is 6.46. The van der Waals surface area contributed by atoms with Crippen LogP contribution in [0, 0.1) is 5.82 Å². The molecule has 3 rings (SSSR count). The number of aromatic hydroxyl groups is 1. The number of hydrogen-bond acceptors (Lipinski definition) is 3. The van der Waals surface area contributed by atoms with Gasteiger partial charge in [0.2, 0.25) is 5.91 Å². The van der Waals surface area contributed by atoms with Crippen LogP contribution in [0.15, 0.2) is 36.5 Å². The highest BCUT2D eigenvalue weighted by molar-refractivity contribution is 6.31. The van der Waals surface area contributed by atoms with Crippen molar-refractivity contribution < 1.29 is 14.3 Å². The van der Waals surface area contributed by atoms with Gasteiger partial charge in [0.15, 0.2) is 0 Å². The molecule has 0 fully saturated rings. The van der Waals surface area contributed by atoms with E-state index in [1.807, 2.05) is 13.8 Å². The highest BCUT2D eigenvalue weighted by Gasteiger charge is 2.18. The van der Waals surface area contributed by atoms with Crippen molar-refractivity contribution in [3.8, 4) is 17.0 Å². The zero-order valence-electron chi connectivity index (χ0n) is 13.8. The zero-order valence-corrected chi connectivity index (χ0v) is 14.5. The van der Waals surface area contributed by atoms with Crippen LogP contribution in [0.4, 0.5) is 4.39 Å². The summed E-state index contributed by atoms with van der Waals surface area (Å²) in [5.41, 5.74) is 2.24. The minimum atomic E-state index is -0.522. The summed E-state index contributed by atoms with van der Waals surface area (Å²) >= 11 is 5.89. The van der Waals surface area contributed by atoms with Crippen molar-refractivity contribution in [2.45, 2.75) is 26.3 Å². The molecule has 0 spiro atoms. The number of amides is 1. The zero-order chi connectivity index (χ0) is 18.1. The van der Waals surface area contributed by atoms with E-state index in [0.29, 0.717) is 22.6 Å². The van der Waals surface area contributed by atoms with E-state index in [4.69, 9.17) is 11.6 Å². The molecule has 0 atom stereocenters. The molecule has 7 heteroatoms. The summed E-state index contributed by atoms with van der Waals surface area (Å²) in [5, 5.41) is 12.5. The van der Waals surface area contributed by atoms with Gasteiger partial charge in [0, 0.05) is 23.9 Å².